The average Bonchev–Trinajstić information content (AvgIpc) is 3.10. The maximum atomic E-state index is 13.1. The molecule has 0 N–H and O–H groups in total. The van der Waals surface area contributed by atoms with E-state index in [1.54, 1.807) is 47.0 Å². The molecule has 1 aliphatic rings. The van der Waals surface area contributed by atoms with E-state index in [9.17, 15) is 8.42 Å². The van der Waals surface area contributed by atoms with Gasteiger partial charge in [-0.25, -0.2) is 8.42 Å². The normalized spacial score (nSPS) is 18.1. The molecule has 25 heavy (non-hydrogen) atoms. The molecule has 0 spiro atoms. The van der Waals surface area contributed by atoms with Crippen molar-refractivity contribution in [2.45, 2.75) is 30.7 Å². The van der Waals surface area contributed by atoms with Crippen LogP contribution in [0.3, 0.4) is 0 Å². The third-order valence-corrected chi connectivity index (χ3v) is 7.34. The van der Waals surface area contributed by atoms with Gasteiger partial charge in [-0.1, -0.05) is 6.92 Å². The van der Waals surface area contributed by atoms with Gasteiger partial charge in [0.05, 0.1) is 17.5 Å². The molecule has 1 unspecified atom stereocenters. The number of hydrogen-bond acceptors (Lipinski definition) is 5. The minimum absolute atomic E-state index is 0.0855. The second kappa shape index (κ2) is 7.86. The number of thiophene rings is 1. The summed E-state index contributed by atoms with van der Waals surface area (Å²) in [6, 6.07) is 8.61. The van der Waals surface area contributed by atoms with Crippen LogP contribution in [0, 0.1) is 0 Å². The quantitative estimate of drug-likeness (QED) is 0.689. The molecule has 0 amide bonds. The van der Waals surface area contributed by atoms with Crippen molar-refractivity contribution in [3.8, 4) is 5.75 Å². The zero-order chi connectivity index (χ0) is 17.9. The fraction of sp³-hybridized carbons (Fsp3) is 0.444. The molecule has 1 aromatic carbocycles. The second-order valence-corrected chi connectivity index (χ2v) is 8.79. The lowest BCUT2D eigenvalue weighted by Gasteiger charge is -2.34. The first-order valence-corrected chi connectivity index (χ1v) is 10.7. The Labute approximate surface area is 153 Å². The number of ether oxygens (including phenoxy) is 2. The maximum Gasteiger partial charge on any atom is 0.243 e. The predicted octanol–water partition coefficient (Wildman–Crippen LogP) is 3.47. The molecule has 0 saturated carbocycles. The highest BCUT2D eigenvalue weighted by atomic mass is 32.2. The summed E-state index contributed by atoms with van der Waals surface area (Å²) < 4.78 is 38.3. The van der Waals surface area contributed by atoms with Crippen molar-refractivity contribution in [2.75, 3.05) is 26.9 Å². The Balaban J connectivity index is 1.81. The van der Waals surface area contributed by atoms with Gasteiger partial charge < -0.3 is 9.47 Å². The van der Waals surface area contributed by atoms with E-state index >= 15 is 0 Å². The van der Waals surface area contributed by atoms with Crippen molar-refractivity contribution < 1.29 is 17.9 Å². The van der Waals surface area contributed by atoms with Gasteiger partial charge in [0.1, 0.15) is 12.4 Å². The number of sulfonamides is 1. The molecule has 0 aliphatic carbocycles. The molecule has 1 aromatic heterocycles. The van der Waals surface area contributed by atoms with Crippen LogP contribution in [-0.2, 0) is 21.2 Å². The van der Waals surface area contributed by atoms with E-state index < -0.39 is 10.0 Å². The Morgan fingerprint density at radius 3 is 2.64 bits per heavy atom. The first-order valence-electron chi connectivity index (χ1n) is 8.37. The fourth-order valence-corrected chi connectivity index (χ4v) is 5.78. The van der Waals surface area contributed by atoms with Crippen LogP contribution < -0.4 is 4.74 Å². The van der Waals surface area contributed by atoms with Gasteiger partial charge in [-0.2, -0.15) is 4.31 Å². The summed E-state index contributed by atoms with van der Waals surface area (Å²) in [5.74, 6) is 0.641. The Hall–Kier alpha value is -1.41. The van der Waals surface area contributed by atoms with Crippen LogP contribution in [0.2, 0.25) is 0 Å². The van der Waals surface area contributed by atoms with Crippen molar-refractivity contribution >= 4 is 21.4 Å². The standard InChI is InChI=1S/C18H23NO4S2/c1-3-17-16-9-13-24-18(16)8-10-19(17)25(20,21)15-6-4-14(5-7-15)23-12-11-22-2/h4-7,9,13,17H,3,8,10-12H2,1-2H3. The Morgan fingerprint density at radius 1 is 1.20 bits per heavy atom. The summed E-state index contributed by atoms with van der Waals surface area (Å²) in [6.45, 7) is 3.50. The number of hydrogen-bond donors (Lipinski definition) is 0. The summed E-state index contributed by atoms with van der Waals surface area (Å²) in [5.41, 5.74) is 1.15. The van der Waals surface area contributed by atoms with Crippen LogP contribution >= 0.6 is 11.3 Å². The van der Waals surface area contributed by atoms with Crippen LogP contribution in [0.25, 0.3) is 0 Å². The van der Waals surface area contributed by atoms with E-state index in [0.29, 0.717) is 30.4 Å². The molecule has 2 heterocycles. The van der Waals surface area contributed by atoms with Crippen molar-refractivity contribution in [3.63, 3.8) is 0 Å². The smallest absolute Gasteiger partial charge is 0.243 e. The van der Waals surface area contributed by atoms with Gasteiger partial charge in [0.25, 0.3) is 0 Å². The SMILES string of the molecule is CCC1c2ccsc2CCN1S(=O)(=O)c1ccc(OCCOC)cc1. The number of fused-ring (bicyclic) bond motifs is 1. The fourth-order valence-electron chi connectivity index (χ4n) is 3.17. The molecule has 7 heteroatoms. The minimum atomic E-state index is -3.53. The van der Waals surface area contributed by atoms with Crippen LogP contribution in [0.4, 0.5) is 0 Å². The molecule has 136 valence electrons. The molecular weight excluding hydrogens is 358 g/mol. The van der Waals surface area contributed by atoms with E-state index in [1.165, 1.54) is 4.88 Å². The highest BCUT2D eigenvalue weighted by Crippen LogP contribution is 2.38. The summed E-state index contributed by atoms with van der Waals surface area (Å²) in [4.78, 5) is 1.61. The van der Waals surface area contributed by atoms with Crippen LogP contribution in [0.15, 0.2) is 40.6 Å². The number of methoxy groups -OCH3 is 1. The van der Waals surface area contributed by atoms with Crippen molar-refractivity contribution in [2.24, 2.45) is 0 Å². The summed E-state index contributed by atoms with van der Waals surface area (Å²) in [6.07, 6.45) is 1.54. The number of rotatable bonds is 7. The number of nitrogens with zero attached hydrogens (tertiary/aromatic N) is 1. The first-order chi connectivity index (χ1) is 12.1. The van der Waals surface area contributed by atoms with Gasteiger partial charge >= 0.3 is 0 Å². The number of benzene rings is 1. The van der Waals surface area contributed by atoms with E-state index in [1.807, 2.05) is 6.92 Å². The molecule has 0 bridgehead atoms. The Bertz CT molecular complexity index is 799. The highest BCUT2D eigenvalue weighted by Gasteiger charge is 2.35. The summed E-state index contributed by atoms with van der Waals surface area (Å²) in [5, 5.41) is 2.05. The third kappa shape index (κ3) is 3.74. The zero-order valence-electron chi connectivity index (χ0n) is 14.5. The average molecular weight is 382 g/mol. The summed E-state index contributed by atoms with van der Waals surface area (Å²) >= 11 is 1.72. The monoisotopic (exact) mass is 381 g/mol. The molecule has 1 atom stereocenters. The van der Waals surface area contributed by atoms with Crippen molar-refractivity contribution in [1.82, 2.24) is 4.31 Å². The van der Waals surface area contributed by atoms with Crippen LogP contribution in [-0.4, -0.2) is 39.6 Å². The van der Waals surface area contributed by atoms with Gasteiger partial charge in [0.2, 0.25) is 10.0 Å². The lowest BCUT2D eigenvalue weighted by atomic mass is 10.0. The highest BCUT2D eigenvalue weighted by molar-refractivity contribution is 7.89. The largest absolute Gasteiger partial charge is 0.491 e. The third-order valence-electron chi connectivity index (χ3n) is 4.42. The zero-order valence-corrected chi connectivity index (χ0v) is 16.1. The lowest BCUT2D eigenvalue weighted by molar-refractivity contribution is 0.146. The maximum absolute atomic E-state index is 13.1. The summed E-state index contributed by atoms with van der Waals surface area (Å²) in [7, 11) is -1.92. The van der Waals surface area contributed by atoms with Crippen LogP contribution in [0.1, 0.15) is 29.8 Å². The van der Waals surface area contributed by atoms with Crippen molar-refractivity contribution in [3.05, 3.63) is 46.2 Å². The van der Waals surface area contributed by atoms with Gasteiger partial charge in [-0.05, 0) is 54.1 Å². The molecular formula is C18H23NO4S2. The van der Waals surface area contributed by atoms with E-state index in [-0.39, 0.29) is 6.04 Å². The minimum Gasteiger partial charge on any atom is -0.491 e. The van der Waals surface area contributed by atoms with Gasteiger partial charge in [0, 0.05) is 18.5 Å². The molecule has 2 aromatic rings. The topological polar surface area (TPSA) is 55.8 Å². The van der Waals surface area contributed by atoms with E-state index in [0.717, 1.165) is 18.4 Å². The first kappa shape index (κ1) is 18.4. The van der Waals surface area contributed by atoms with Gasteiger partial charge in [-0.15, -0.1) is 11.3 Å². The molecule has 5 nitrogen and oxygen atoms in total. The lowest BCUT2D eigenvalue weighted by Crippen LogP contribution is -2.39. The molecule has 3 rings (SSSR count). The van der Waals surface area contributed by atoms with Gasteiger partial charge in [-0.3, -0.25) is 0 Å². The molecule has 1 aliphatic heterocycles. The van der Waals surface area contributed by atoms with E-state index in [4.69, 9.17) is 9.47 Å². The second-order valence-electron chi connectivity index (χ2n) is 5.90. The van der Waals surface area contributed by atoms with E-state index in [2.05, 4.69) is 11.4 Å². The van der Waals surface area contributed by atoms with Crippen LogP contribution in [0.5, 0.6) is 5.75 Å². The molecule has 0 radical (unpaired) electrons. The molecule has 0 saturated heterocycles. The van der Waals surface area contributed by atoms with Gasteiger partial charge in [0.15, 0.2) is 0 Å². The molecule has 0 fully saturated rings. The predicted molar refractivity (Wildman–Crippen MR) is 98.8 cm³/mol. The Morgan fingerprint density at radius 2 is 1.96 bits per heavy atom. The Kier molecular flexibility index (Phi) is 5.78. The van der Waals surface area contributed by atoms with Crippen molar-refractivity contribution in [1.29, 1.82) is 0 Å².